The van der Waals surface area contributed by atoms with Crippen LogP contribution in [0.1, 0.15) is 40.5 Å². The van der Waals surface area contributed by atoms with Crippen LogP contribution in [-0.2, 0) is 14.3 Å². The summed E-state index contributed by atoms with van der Waals surface area (Å²) in [6.07, 6.45) is -2.19. The lowest BCUT2D eigenvalue weighted by Gasteiger charge is -2.24. The van der Waals surface area contributed by atoms with Gasteiger partial charge in [0.05, 0.1) is 7.11 Å². The van der Waals surface area contributed by atoms with E-state index in [1.54, 1.807) is 20.8 Å². The van der Waals surface area contributed by atoms with Gasteiger partial charge in [0.15, 0.2) is 0 Å². The molecule has 5 nitrogen and oxygen atoms in total. The van der Waals surface area contributed by atoms with E-state index in [-0.39, 0.29) is 0 Å². The predicted octanol–water partition coefficient (Wildman–Crippen LogP) is 2.49. The zero-order valence-electron chi connectivity index (χ0n) is 11.9. The number of amides is 1. The summed E-state index contributed by atoms with van der Waals surface area (Å²) in [5.74, 6) is -3.99. The summed E-state index contributed by atoms with van der Waals surface area (Å²) in [4.78, 5) is 22.9. The molecule has 1 atom stereocenters. The summed E-state index contributed by atoms with van der Waals surface area (Å²) >= 11 is 0. The van der Waals surface area contributed by atoms with E-state index >= 15 is 0 Å². The summed E-state index contributed by atoms with van der Waals surface area (Å²) < 4.78 is 35.9. The Balaban J connectivity index is 4.70. The molecule has 0 aliphatic heterocycles. The van der Waals surface area contributed by atoms with Gasteiger partial charge in [-0.3, -0.25) is 0 Å². The number of carbonyl (C=O) groups excluding carboxylic acids is 2. The second-order valence-electron chi connectivity index (χ2n) is 5.14. The monoisotopic (exact) mass is 281 g/mol. The van der Waals surface area contributed by atoms with Gasteiger partial charge in [-0.2, -0.15) is 0 Å². The summed E-state index contributed by atoms with van der Waals surface area (Å²) in [5, 5.41) is 2.10. The summed E-state index contributed by atoms with van der Waals surface area (Å²) in [5.41, 5.74) is -0.780. The van der Waals surface area contributed by atoms with Gasteiger partial charge in [0.2, 0.25) is 5.92 Å². The van der Waals surface area contributed by atoms with E-state index in [0.717, 1.165) is 7.11 Å². The Bertz CT molecular complexity index is 326. The maximum Gasteiger partial charge on any atom is 0.408 e. The van der Waals surface area contributed by atoms with Crippen LogP contribution in [-0.4, -0.2) is 36.7 Å². The van der Waals surface area contributed by atoms with Crippen molar-refractivity contribution in [2.24, 2.45) is 0 Å². The molecule has 1 N–H and O–H groups in total. The van der Waals surface area contributed by atoms with E-state index in [4.69, 9.17) is 4.74 Å². The van der Waals surface area contributed by atoms with Crippen molar-refractivity contribution in [3.05, 3.63) is 0 Å². The van der Waals surface area contributed by atoms with Crippen LogP contribution < -0.4 is 5.32 Å². The van der Waals surface area contributed by atoms with E-state index in [1.165, 1.54) is 6.92 Å². The highest BCUT2D eigenvalue weighted by Gasteiger charge is 2.36. The first-order valence-corrected chi connectivity index (χ1v) is 5.96. The van der Waals surface area contributed by atoms with Gasteiger partial charge in [-0.25, -0.2) is 18.4 Å². The topological polar surface area (TPSA) is 64.6 Å². The molecule has 0 aliphatic rings. The van der Waals surface area contributed by atoms with Gasteiger partial charge < -0.3 is 14.8 Å². The molecule has 7 heteroatoms. The Morgan fingerprint density at radius 1 is 1.26 bits per heavy atom. The first-order valence-electron chi connectivity index (χ1n) is 5.96. The predicted molar refractivity (Wildman–Crippen MR) is 65.0 cm³/mol. The highest BCUT2D eigenvalue weighted by molar-refractivity contribution is 5.81. The highest BCUT2D eigenvalue weighted by atomic mass is 19.3. The fourth-order valence-corrected chi connectivity index (χ4v) is 1.23. The molecule has 0 heterocycles. The largest absolute Gasteiger partial charge is 0.467 e. The first-order chi connectivity index (χ1) is 8.50. The molecule has 112 valence electrons. The fourth-order valence-electron chi connectivity index (χ4n) is 1.23. The molecule has 0 radical (unpaired) electrons. The number of alkyl halides is 2. The van der Waals surface area contributed by atoms with Crippen molar-refractivity contribution < 1.29 is 27.8 Å². The van der Waals surface area contributed by atoms with Crippen LogP contribution >= 0.6 is 0 Å². The van der Waals surface area contributed by atoms with Crippen LogP contribution in [0.15, 0.2) is 0 Å². The Morgan fingerprint density at radius 3 is 2.16 bits per heavy atom. The lowest BCUT2D eigenvalue weighted by molar-refractivity contribution is -0.146. The Kier molecular flexibility index (Phi) is 6.18. The molecule has 0 bridgehead atoms. The zero-order valence-corrected chi connectivity index (χ0v) is 11.9. The number of alkyl carbamates (subject to hydrolysis) is 1. The van der Waals surface area contributed by atoms with Crippen molar-refractivity contribution in [3.8, 4) is 0 Å². The molecule has 0 saturated carbocycles. The molecule has 19 heavy (non-hydrogen) atoms. The number of ether oxygens (including phenoxy) is 2. The van der Waals surface area contributed by atoms with Crippen molar-refractivity contribution in [2.45, 2.75) is 58.1 Å². The molecule has 0 aliphatic carbocycles. The van der Waals surface area contributed by atoms with E-state index in [0.29, 0.717) is 0 Å². The summed E-state index contributed by atoms with van der Waals surface area (Å²) in [7, 11) is 1.07. The number of hydrogen-bond donors (Lipinski definition) is 1. The van der Waals surface area contributed by atoms with E-state index in [1.807, 2.05) is 0 Å². The number of hydrogen-bond acceptors (Lipinski definition) is 4. The van der Waals surface area contributed by atoms with Gasteiger partial charge in [0, 0.05) is 12.8 Å². The Labute approximate surface area is 111 Å². The maximum absolute atomic E-state index is 13.3. The fraction of sp³-hybridized carbons (Fsp3) is 0.833. The average molecular weight is 281 g/mol. The van der Waals surface area contributed by atoms with Crippen molar-refractivity contribution >= 4 is 12.1 Å². The van der Waals surface area contributed by atoms with Gasteiger partial charge in [0.25, 0.3) is 0 Å². The van der Waals surface area contributed by atoms with Crippen LogP contribution in [0, 0.1) is 0 Å². The smallest absolute Gasteiger partial charge is 0.408 e. The third-order valence-electron chi connectivity index (χ3n) is 2.20. The maximum atomic E-state index is 13.3. The second-order valence-corrected chi connectivity index (χ2v) is 5.14. The number of rotatable bonds is 5. The van der Waals surface area contributed by atoms with Crippen LogP contribution in [0.5, 0.6) is 0 Å². The van der Waals surface area contributed by atoms with Gasteiger partial charge in [-0.1, -0.05) is 6.92 Å². The molecule has 0 aromatic carbocycles. The number of methoxy groups -OCH3 is 1. The standard InChI is InChI=1S/C12H21F2NO4/c1-6-12(13,14)7-8(9(16)18-5)15-10(17)19-11(2,3)4/h8H,6-7H2,1-5H3,(H,15,17). The minimum Gasteiger partial charge on any atom is -0.467 e. The minimum atomic E-state index is -3.06. The second kappa shape index (κ2) is 6.68. The lowest BCUT2D eigenvalue weighted by Crippen LogP contribution is -2.46. The van der Waals surface area contributed by atoms with Crippen molar-refractivity contribution in [1.29, 1.82) is 0 Å². The quantitative estimate of drug-likeness (QED) is 0.786. The third kappa shape index (κ3) is 7.58. The Morgan fingerprint density at radius 2 is 1.79 bits per heavy atom. The molecule has 0 saturated heterocycles. The van der Waals surface area contributed by atoms with Crippen LogP contribution in [0.2, 0.25) is 0 Å². The lowest BCUT2D eigenvalue weighted by atomic mass is 10.1. The average Bonchev–Trinajstić information content (AvgIpc) is 2.24. The molecular formula is C12H21F2NO4. The molecule has 1 amide bonds. The van der Waals surface area contributed by atoms with Crippen molar-refractivity contribution in [3.63, 3.8) is 0 Å². The van der Waals surface area contributed by atoms with Crippen molar-refractivity contribution in [2.75, 3.05) is 7.11 Å². The van der Waals surface area contributed by atoms with Crippen LogP contribution in [0.4, 0.5) is 13.6 Å². The molecule has 0 rings (SSSR count). The number of halogens is 2. The molecule has 0 aromatic rings. The van der Waals surface area contributed by atoms with Gasteiger partial charge in [0.1, 0.15) is 11.6 Å². The first kappa shape index (κ1) is 17.6. The molecule has 0 fully saturated rings. The molecule has 0 spiro atoms. The Hall–Kier alpha value is -1.40. The van der Waals surface area contributed by atoms with Gasteiger partial charge in [-0.15, -0.1) is 0 Å². The molecule has 0 aromatic heterocycles. The van der Waals surface area contributed by atoms with Crippen molar-refractivity contribution in [1.82, 2.24) is 5.32 Å². The number of esters is 1. The number of nitrogens with one attached hydrogen (secondary N) is 1. The highest BCUT2D eigenvalue weighted by Crippen LogP contribution is 2.24. The van der Waals surface area contributed by atoms with E-state index in [2.05, 4.69) is 10.1 Å². The zero-order chi connectivity index (χ0) is 15.3. The van der Waals surface area contributed by atoms with Gasteiger partial charge >= 0.3 is 12.1 Å². The van der Waals surface area contributed by atoms with Crippen LogP contribution in [0.25, 0.3) is 0 Å². The SMILES string of the molecule is CCC(F)(F)CC(NC(=O)OC(C)(C)C)C(=O)OC. The molecular weight excluding hydrogens is 260 g/mol. The van der Waals surface area contributed by atoms with E-state index < -0.39 is 42.5 Å². The van der Waals surface area contributed by atoms with Gasteiger partial charge in [-0.05, 0) is 20.8 Å². The minimum absolute atomic E-state index is 0.434. The normalized spacial score (nSPS) is 13.6. The number of carbonyl (C=O) groups is 2. The molecule has 1 unspecified atom stereocenters. The van der Waals surface area contributed by atoms with E-state index in [9.17, 15) is 18.4 Å². The summed E-state index contributed by atoms with van der Waals surface area (Å²) in [6, 6.07) is -1.44. The third-order valence-corrected chi connectivity index (χ3v) is 2.20. The van der Waals surface area contributed by atoms with Crippen LogP contribution in [0.3, 0.4) is 0 Å². The summed E-state index contributed by atoms with van der Waals surface area (Å²) in [6.45, 7) is 6.17.